The van der Waals surface area contributed by atoms with E-state index in [9.17, 15) is 0 Å². The van der Waals surface area contributed by atoms with Gasteiger partial charge in [0.2, 0.25) is 0 Å². The minimum absolute atomic E-state index is 1.26. The molecule has 214 valence electrons. The molecule has 10 rings (SSSR count). The highest BCUT2D eigenvalue weighted by atomic mass is 32.1. The zero-order chi connectivity index (χ0) is 30.2. The topological polar surface area (TPSA) is 0 Å². The van der Waals surface area contributed by atoms with E-state index in [1.165, 1.54) is 96.0 Å². The fraction of sp³-hybridized carbons (Fsp3) is 0. The Morgan fingerprint density at radius 3 is 1.65 bits per heavy atom. The Hall–Kier alpha value is -5.28. The van der Waals surface area contributed by atoms with Crippen molar-refractivity contribution < 1.29 is 0 Å². The van der Waals surface area contributed by atoms with Crippen LogP contribution in [0.15, 0.2) is 157 Å². The van der Waals surface area contributed by atoms with Gasteiger partial charge in [-0.1, -0.05) is 127 Å². The molecule has 8 aromatic carbocycles. The number of fused-ring (bicyclic) bond motifs is 8. The van der Waals surface area contributed by atoms with Crippen LogP contribution in [0.25, 0.3) is 96.0 Å². The van der Waals surface area contributed by atoms with Crippen LogP contribution in [0.1, 0.15) is 0 Å². The molecule has 0 aliphatic rings. The molecule has 46 heavy (non-hydrogen) atoms. The lowest BCUT2D eigenvalue weighted by Crippen LogP contribution is -1.90. The molecule has 0 unspecified atom stereocenters. The molecule has 0 amide bonds. The summed E-state index contributed by atoms with van der Waals surface area (Å²) in [6.45, 7) is 0. The van der Waals surface area contributed by atoms with Crippen molar-refractivity contribution in [1.29, 1.82) is 0 Å². The molecule has 0 spiro atoms. The van der Waals surface area contributed by atoms with E-state index in [0.717, 1.165) is 0 Å². The summed E-state index contributed by atoms with van der Waals surface area (Å²) in [5.41, 5.74) is 7.74. The van der Waals surface area contributed by atoms with Gasteiger partial charge in [0.1, 0.15) is 0 Å². The van der Waals surface area contributed by atoms with E-state index in [0.29, 0.717) is 0 Å². The van der Waals surface area contributed by atoms with Gasteiger partial charge in [0.25, 0.3) is 0 Å². The fourth-order valence-corrected chi connectivity index (χ4v) is 9.60. The van der Waals surface area contributed by atoms with Crippen LogP contribution in [0, 0.1) is 0 Å². The van der Waals surface area contributed by atoms with Gasteiger partial charge in [-0.15, -0.1) is 22.7 Å². The first-order chi connectivity index (χ1) is 22.8. The van der Waals surface area contributed by atoms with Gasteiger partial charge in [-0.05, 0) is 89.8 Å². The summed E-state index contributed by atoms with van der Waals surface area (Å²) in [6.07, 6.45) is 0. The molecular weight excluding hydrogens is 593 g/mol. The summed E-state index contributed by atoms with van der Waals surface area (Å²) in [4.78, 5) is 0. The van der Waals surface area contributed by atoms with Crippen LogP contribution in [-0.4, -0.2) is 0 Å². The van der Waals surface area contributed by atoms with Gasteiger partial charge in [0, 0.05) is 35.8 Å². The molecule has 0 fully saturated rings. The van der Waals surface area contributed by atoms with Gasteiger partial charge in [-0.2, -0.15) is 0 Å². The number of thiophene rings is 2. The zero-order valence-electron chi connectivity index (χ0n) is 24.8. The predicted molar refractivity (Wildman–Crippen MR) is 204 cm³/mol. The molecule has 2 heteroatoms. The van der Waals surface area contributed by atoms with Crippen LogP contribution in [0.4, 0.5) is 0 Å². The molecule has 0 N–H and O–H groups in total. The summed E-state index contributed by atoms with van der Waals surface area (Å²) in [5, 5.41) is 14.1. The molecule has 0 atom stereocenters. The maximum absolute atomic E-state index is 2.43. The summed E-state index contributed by atoms with van der Waals surface area (Å²) in [5.74, 6) is 0. The number of rotatable bonds is 3. The Balaban J connectivity index is 1.24. The van der Waals surface area contributed by atoms with Crippen LogP contribution < -0.4 is 0 Å². The number of benzene rings is 8. The smallest absolute Gasteiger partial charge is 0.0362 e. The highest BCUT2D eigenvalue weighted by Gasteiger charge is 2.19. The van der Waals surface area contributed by atoms with Gasteiger partial charge >= 0.3 is 0 Å². The van der Waals surface area contributed by atoms with Gasteiger partial charge < -0.3 is 0 Å². The average molecular weight is 619 g/mol. The predicted octanol–water partition coefficient (Wildman–Crippen LogP) is 13.7. The lowest BCUT2D eigenvalue weighted by Gasteiger charge is -2.18. The van der Waals surface area contributed by atoms with Crippen LogP contribution in [0.5, 0.6) is 0 Å². The third-order valence-corrected chi connectivity index (χ3v) is 11.6. The second-order valence-corrected chi connectivity index (χ2v) is 14.0. The molecule has 0 aliphatic carbocycles. The first kappa shape index (κ1) is 26.0. The van der Waals surface area contributed by atoms with Crippen molar-refractivity contribution in [2.24, 2.45) is 0 Å². The zero-order valence-corrected chi connectivity index (χ0v) is 26.5. The lowest BCUT2D eigenvalue weighted by molar-refractivity contribution is 1.69. The Morgan fingerprint density at radius 2 is 0.935 bits per heavy atom. The van der Waals surface area contributed by atoms with E-state index >= 15 is 0 Å². The third-order valence-electron chi connectivity index (χ3n) is 9.52. The van der Waals surface area contributed by atoms with E-state index < -0.39 is 0 Å². The van der Waals surface area contributed by atoms with E-state index in [4.69, 9.17) is 0 Å². The largest absolute Gasteiger partial charge is 0.143 e. The van der Waals surface area contributed by atoms with Crippen molar-refractivity contribution >= 4 is 85.2 Å². The molecule has 0 radical (unpaired) electrons. The molecule has 0 saturated carbocycles. The number of hydrogen-bond acceptors (Lipinski definition) is 2. The molecule has 0 saturated heterocycles. The first-order valence-electron chi connectivity index (χ1n) is 15.7. The van der Waals surface area contributed by atoms with Gasteiger partial charge in [-0.25, -0.2) is 0 Å². The second-order valence-electron chi connectivity index (χ2n) is 12.0. The normalized spacial score (nSPS) is 11.9. The molecule has 0 nitrogen and oxygen atoms in total. The van der Waals surface area contributed by atoms with Crippen LogP contribution >= 0.6 is 22.7 Å². The Labute approximate surface area is 274 Å². The summed E-state index contributed by atoms with van der Waals surface area (Å²) in [6, 6.07) is 56.0. The molecule has 2 heterocycles. The van der Waals surface area contributed by atoms with Crippen molar-refractivity contribution in [3.63, 3.8) is 0 Å². The quantitative estimate of drug-likeness (QED) is 0.173. The average Bonchev–Trinajstić information content (AvgIpc) is 3.72. The van der Waals surface area contributed by atoms with Crippen molar-refractivity contribution in [3.8, 4) is 33.4 Å². The molecule has 10 aromatic rings. The lowest BCUT2D eigenvalue weighted by atomic mass is 9.85. The van der Waals surface area contributed by atoms with E-state index in [1.807, 2.05) is 22.7 Å². The first-order valence-corrected chi connectivity index (χ1v) is 17.4. The molecule has 0 bridgehead atoms. The minimum Gasteiger partial charge on any atom is -0.143 e. The summed E-state index contributed by atoms with van der Waals surface area (Å²) < 4.78 is 4.02. The van der Waals surface area contributed by atoms with E-state index in [-0.39, 0.29) is 0 Å². The standard InChI is InChI=1S/C44H26S2/c1-2-11-28(12-3-1)37-26-45-38-22-23-39-43(44(37)38)36-21-20-31(25-40(36)46-39)42-34-16-8-6-14-32(34)41(33-15-7-9-17-35(33)42)30-19-18-27-10-4-5-13-29(27)24-30/h1-26H. The highest BCUT2D eigenvalue weighted by molar-refractivity contribution is 7.26. The molecule has 0 aliphatic heterocycles. The fourth-order valence-electron chi connectivity index (χ4n) is 7.48. The van der Waals surface area contributed by atoms with E-state index in [2.05, 4.69) is 157 Å². The SMILES string of the molecule is c1ccc(-c2csc3ccc4sc5cc(-c6c7ccccc7c(-c7ccc8ccccc8c7)c7ccccc67)ccc5c4c23)cc1. The molecular formula is C44H26S2. The van der Waals surface area contributed by atoms with Crippen molar-refractivity contribution in [2.45, 2.75) is 0 Å². The summed E-state index contributed by atoms with van der Waals surface area (Å²) >= 11 is 3.75. The second kappa shape index (κ2) is 10.1. The van der Waals surface area contributed by atoms with Crippen molar-refractivity contribution in [1.82, 2.24) is 0 Å². The van der Waals surface area contributed by atoms with Gasteiger partial charge in [0.05, 0.1) is 0 Å². The van der Waals surface area contributed by atoms with E-state index in [1.54, 1.807) is 0 Å². The van der Waals surface area contributed by atoms with Crippen LogP contribution in [-0.2, 0) is 0 Å². The van der Waals surface area contributed by atoms with Crippen molar-refractivity contribution in [2.75, 3.05) is 0 Å². The molecule has 2 aromatic heterocycles. The monoisotopic (exact) mass is 618 g/mol. The Kier molecular flexibility index (Phi) is 5.72. The maximum Gasteiger partial charge on any atom is 0.0362 e. The van der Waals surface area contributed by atoms with Crippen LogP contribution in [0.3, 0.4) is 0 Å². The summed E-state index contributed by atoms with van der Waals surface area (Å²) in [7, 11) is 0. The van der Waals surface area contributed by atoms with Gasteiger partial charge in [0.15, 0.2) is 0 Å². The number of hydrogen-bond donors (Lipinski definition) is 0. The van der Waals surface area contributed by atoms with Gasteiger partial charge in [-0.3, -0.25) is 0 Å². The highest BCUT2D eigenvalue weighted by Crippen LogP contribution is 2.48. The van der Waals surface area contributed by atoms with Crippen molar-refractivity contribution in [3.05, 3.63) is 157 Å². The third kappa shape index (κ3) is 3.84. The maximum atomic E-state index is 2.43. The minimum atomic E-state index is 1.26. The Morgan fingerprint density at radius 1 is 0.348 bits per heavy atom. The van der Waals surface area contributed by atoms with Crippen LogP contribution in [0.2, 0.25) is 0 Å². The Bertz CT molecular complexity index is 2740.